The van der Waals surface area contributed by atoms with Crippen molar-refractivity contribution in [1.29, 1.82) is 0 Å². The van der Waals surface area contributed by atoms with E-state index in [1.807, 2.05) is 0 Å². The Morgan fingerprint density at radius 3 is 2.35 bits per heavy atom. The predicted molar refractivity (Wildman–Crippen MR) is 55.1 cm³/mol. The summed E-state index contributed by atoms with van der Waals surface area (Å²) in [6.07, 6.45) is -0.141. The number of carbonyl (C=O) groups excluding carboxylic acids is 2. The third-order valence-electron chi connectivity index (χ3n) is 2.08. The van der Waals surface area contributed by atoms with Crippen LogP contribution in [-0.2, 0) is 14.3 Å². The van der Waals surface area contributed by atoms with Crippen LogP contribution in [-0.4, -0.2) is 34.0 Å². The number of aromatic nitrogens is 1. The second-order valence-electron chi connectivity index (χ2n) is 3.44. The summed E-state index contributed by atoms with van der Waals surface area (Å²) < 4.78 is 4.97. The normalized spacial score (nSPS) is 11.9. The molecule has 0 spiro atoms. The highest BCUT2D eigenvalue weighted by molar-refractivity contribution is 5.79. The first-order valence-corrected chi connectivity index (χ1v) is 4.84. The van der Waals surface area contributed by atoms with Crippen molar-refractivity contribution in [2.24, 2.45) is 5.92 Å². The van der Waals surface area contributed by atoms with E-state index < -0.39 is 29.6 Å². The molecule has 0 saturated heterocycles. The number of hydrogen-bond donors (Lipinski definition) is 2. The highest BCUT2D eigenvalue weighted by Gasteiger charge is 2.21. The van der Waals surface area contributed by atoms with Crippen molar-refractivity contribution >= 4 is 11.9 Å². The summed E-state index contributed by atoms with van der Waals surface area (Å²) in [6.45, 7) is 1.47. The van der Waals surface area contributed by atoms with Crippen LogP contribution in [0.5, 0.6) is 11.8 Å². The van der Waals surface area contributed by atoms with Crippen molar-refractivity contribution in [1.82, 2.24) is 4.73 Å². The molecular weight excluding hydrogens is 230 g/mol. The molecule has 1 rings (SSSR count). The van der Waals surface area contributed by atoms with Crippen LogP contribution >= 0.6 is 0 Å². The third-order valence-corrected chi connectivity index (χ3v) is 2.08. The molecule has 1 aromatic rings. The topological polar surface area (TPSA) is 98.0 Å². The standard InChI is InChI=1S/C10H13NO6/c1-6(5-9(14)16-2)10(15)17-11-7(12)3-4-8(11)13/h3-4,6,12-13H,5H2,1-2H3. The zero-order valence-corrected chi connectivity index (χ0v) is 9.41. The van der Waals surface area contributed by atoms with Gasteiger partial charge in [-0.3, -0.25) is 4.79 Å². The molecule has 0 aromatic carbocycles. The molecule has 0 radical (unpaired) electrons. The smallest absolute Gasteiger partial charge is 0.336 e. The van der Waals surface area contributed by atoms with Crippen molar-refractivity contribution in [3.8, 4) is 11.8 Å². The highest BCUT2D eigenvalue weighted by Crippen LogP contribution is 2.19. The zero-order chi connectivity index (χ0) is 13.0. The van der Waals surface area contributed by atoms with Gasteiger partial charge >= 0.3 is 11.9 Å². The summed E-state index contributed by atoms with van der Waals surface area (Å²) >= 11 is 0. The van der Waals surface area contributed by atoms with Crippen molar-refractivity contribution in [3.05, 3.63) is 12.1 Å². The van der Waals surface area contributed by atoms with E-state index in [0.717, 1.165) is 12.1 Å². The van der Waals surface area contributed by atoms with Gasteiger partial charge in [0.1, 0.15) is 0 Å². The second-order valence-corrected chi connectivity index (χ2v) is 3.44. The molecule has 1 aromatic heterocycles. The lowest BCUT2D eigenvalue weighted by Gasteiger charge is -2.11. The van der Waals surface area contributed by atoms with E-state index in [0.29, 0.717) is 4.73 Å². The molecule has 0 bridgehead atoms. The number of hydrogen-bond acceptors (Lipinski definition) is 6. The Bertz CT molecular complexity index is 405. The molecule has 0 fully saturated rings. The summed E-state index contributed by atoms with van der Waals surface area (Å²) in [7, 11) is 1.21. The SMILES string of the molecule is COC(=O)CC(C)C(=O)On1c(O)ccc1O. The third kappa shape index (κ3) is 3.13. The molecule has 7 nitrogen and oxygen atoms in total. The van der Waals surface area contributed by atoms with Crippen LogP contribution in [0.15, 0.2) is 12.1 Å². The Kier molecular flexibility index (Phi) is 3.97. The Labute approximate surface area is 97.1 Å². The maximum Gasteiger partial charge on any atom is 0.336 e. The minimum atomic E-state index is -0.766. The van der Waals surface area contributed by atoms with Crippen LogP contribution in [0.3, 0.4) is 0 Å². The molecule has 0 amide bonds. The molecular formula is C10H13NO6. The minimum absolute atomic E-state index is 0.141. The van der Waals surface area contributed by atoms with Crippen LogP contribution < -0.4 is 4.84 Å². The first-order valence-electron chi connectivity index (χ1n) is 4.84. The summed E-state index contributed by atoms with van der Waals surface area (Å²) in [6, 6.07) is 2.32. The number of rotatable bonds is 4. The molecule has 1 heterocycles. The molecule has 0 aliphatic carbocycles. The van der Waals surface area contributed by atoms with E-state index in [-0.39, 0.29) is 6.42 Å². The van der Waals surface area contributed by atoms with Gasteiger partial charge in [-0.2, -0.15) is 0 Å². The first kappa shape index (κ1) is 12.9. The fourth-order valence-electron chi connectivity index (χ4n) is 1.09. The van der Waals surface area contributed by atoms with E-state index in [4.69, 9.17) is 4.84 Å². The molecule has 1 unspecified atom stereocenters. The van der Waals surface area contributed by atoms with Gasteiger partial charge in [-0.05, 0) is 0 Å². The van der Waals surface area contributed by atoms with Gasteiger partial charge in [-0.1, -0.05) is 6.92 Å². The lowest BCUT2D eigenvalue weighted by molar-refractivity contribution is -0.154. The Morgan fingerprint density at radius 1 is 1.35 bits per heavy atom. The summed E-state index contributed by atoms with van der Waals surface area (Å²) in [5.41, 5.74) is 0. The fourth-order valence-corrected chi connectivity index (χ4v) is 1.09. The van der Waals surface area contributed by atoms with E-state index in [2.05, 4.69) is 4.74 Å². The van der Waals surface area contributed by atoms with Gasteiger partial charge in [0.2, 0.25) is 11.8 Å². The van der Waals surface area contributed by atoms with Gasteiger partial charge in [0.05, 0.1) is 19.4 Å². The number of ether oxygens (including phenoxy) is 1. The van der Waals surface area contributed by atoms with E-state index >= 15 is 0 Å². The van der Waals surface area contributed by atoms with E-state index in [1.54, 1.807) is 0 Å². The summed E-state index contributed by atoms with van der Waals surface area (Å²) in [5, 5.41) is 18.4. The molecule has 0 aliphatic rings. The van der Waals surface area contributed by atoms with Crippen molar-refractivity contribution < 1.29 is 29.4 Å². The molecule has 0 saturated carbocycles. The van der Waals surface area contributed by atoms with Crippen LogP contribution in [0.25, 0.3) is 0 Å². The highest BCUT2D eigenvalue weighted by atomic mass is 16.7. The van der Waals surface area contributed by atoms with Crippen molar-refractivity contribution in [3.63, 3.8) is 0 Å². The number of methoxy groups -OCH3 is 1. The molecule has 7 heteroatoms. The van der Waals surface area contributed by atoms with Gasteiger partial charge in [0.25, 0.3) is 0 Å². The Balaban J connectivity index is 2.63. The molecule has 1 atom stereocenters. The minimum Gasteiger partial charge on any atom is -0.492 e. The number of esters is 1. The molecule has 0 aliphatic heterocycles. The average Bonchev–Trinajstić information content (AvgIpc) is 2.60. The maximum absolute atomic E-state index is 11.5. The molecule has 94 valence electrons. The first-order chi connectivity index (χ1) is 7.95. The van der Waals surface area contributed by atoms with E-state index in [9.17, 15) is 19.8 Å². The second kappa shape index (κ2) is 5.24. The van der Waals surface area contributed by atoms with Crippen molar-refractivity contribution in [2.75, 3.05) is 7.11 Å². The average molecular weight is 243 g/mol. The van der Waals surface area contributed by atoms with Crippen LogP contribution in [0, 0.1) is 5.92 Å². The quantitative estimate of drug-likeness (QED) is 0.725. The van der Waals surface area contributed by atoms with Gasteiger partial charge in [-0.15, -0.1) is 4.73 Å². The number of aromatic hydroxyl groups is 2. The lowest BCUT2D eigenvalue weighted by Crippen LogP contribution is -2.27. The maximum atomic E-state index is 11.5. The summed E-state index contributed by atoms with van der Waals surface area (Å²) in [4.78, 5) is 27.1. The van der Waals surface area contributed by atoms with Crippen LogP contribution in [0.4, 0.5) is 0 Å². The lowest BCUT2D eigenvalue weighted by atomic mass is 10.1. The fraction of sp³-hybridized carbons (Fsp3) is 0.400. The van der Waals surface area contributed by atoms with E-state index in [1.165, 1.54) is 14.0 Å². The number of nitrogens with zero attached hydrogens (tertiary/aromatic N) is 1. The zero-order valence-electron chi connectivity index (χ0n) is 9.41. The van der Waals surface area contributed by atoms with Gasteiger partial charge < -0.3 is 19.8 Å². The summed E-state index contributed by atoms with van der Waals surface area (Å²) in [5.74, 6) is -2.89. The Morgan fingerprint density at radius 2 is 1.88 bits per heavy atom. The molecule has 17 heavy (non-hydrogen) atoms. The van der Waals surface area contributed by atoms with Gasteiger partial charge in [-0.25, -0.2) is 4.79 Å². The predicted octanol–water partition coefficient (Wildman–Crippen LogP) is 0.0537. The van der Waals surface area contributed by atoms with Gasteiger partial charge in [0, 0.05) is 12.1 Å². The molecule has 2 N–H and O–H groups in total. The Hall–Kier alpha value is -2.18. The number of carbonyl (C=O) groups is 2. The van der Waals surface area contributed by atoms with Crippen molar-refractivity contribution in [2.45, 2.75) is 13.3 Å². The monoisotopic (exact) mass is 243 g/mol. The van der Waals surface area contributed by atoms with Crippen LogP contribution in [0.1, 0.15) is 13.3 Å². The van der Waals surface area contributed by atoms with Gasteiger partial charge in [0.15, 0.2) is 0 Å². The largest absolute Gasteiger partial charge is 0.492 e. The van der Waals surface area contributed by atoms with Crippen LogP contribution in [0.2, 0.25) is 0 Å².